The predicted octanol–water partition coefficient (Wildman–Crippen LogP) is 3.28. The molecule has 0 aliphatic heterocycles. The standard InChI is InChI=1S/C18H19N3O.ClH/c1-13-15(16-7-3-4-8-17(16)21(13)2)9-11-20-18(22)14-6-5-10-19-12-14;/h3-8,10,12H,9,11H2,1-2H3,(H,20,22);1H. The van der Waals surface area contributed by atoms with E-state index in [1.807, 2.05) is 0 Å². The molecule has 0 fully saturated rings. The molecule has 120 valence electrons. The number of benzene rings is 1. The number of pyridine rings is 1. The summed E-state index contributed by atoms with van der Waals surface area (Å²) in [5, 5.41) is 4.22. The normalized spacial score (nSPS) is 10.3. The van der Waals surface area contributed by atoms with Gasteiger partial charge in [0.1, 0.15) is 0 Å². The van der Waals surface area contributed by atoms with E-state index in [1.165, 1.54) is 22.2 Å². The number of carbonyl (C=O) groups excluding carboxylic acids is 1. The van der Waals surface area contributed by atoms with Crippen molar-refractivity contribution in [3.63, 3.8) is 0 Å². The summed E-state index contributed by atoms with van der Waals surface area (Å²) < 4.78 is 2.20. The highest BCUT2D eigenvalue weighted by molar-refractivity contribution is 5.93. The van der Waals surface area contributed by atoms with Crippen LogP contribution in [0.1, 0.15) is 21.6 Å². The molecule has 3 rings (SSSR count). The molecule has 0 saturated carbocycles. The topological polar surface area (TPSA) is 46.9 Å². The number of aryl methyl sites for hydroxylation is 1. The van der Waals surface area contributed by atoms with E-state index in [0.717, 1.165) is 6.42 Å². The highest BCUT2D eigenvalue weighted by Gasteiger charge is 2.11. The average molecular weight is 330 g/mol. The molecule has 3 aromatic rings. The van der Waals surface area contributed by atoms with E-state index in [2.05, 4.69) is 53.1 Å². The molecular weight excluding hydrogens is 310 g/mol. The Labute approximate surface area is 141 Å². The van der Waals surface area contributed by atoms with Crippen LogP contribution < -0.4 is 5.32 Å². The van der Waals surface area contributed by atoms with Crippen molar-refractivity contribution in [1.82, 2.24) is 14.9 Å². The minimum atomic E-state index is -0.0778. The number of aromatic nitrogens is 2. The molecule has 1 N–H and O–H groups in total. The fourth-order valence-electron chi connectivity index (χ4n) is 2.82. The maximum absolute atomic E-state index is 12.0. The number of para-hydroxylation sites is 1. The summed E-state index contributed by atoms with van der Waals surface area (Å²) in [5.74, 6) is -0.0778. The van der Waals surface area contributed by atoms with Gasteiger partial charge in [0.2, 0.25) is 0 Å². The zero-order chi connectivity index (χ0) is 15.5. The molecule has 0 aliphatic rings. The Morgan fingerprint density at radius 2 is 2.00 bits per heavy atom. The SMILES string of the molecule is Cc1c(CCNC(=O)c2cccnc2)c2ccccc2n1C.Cl. The van der Waals surface area contributed by atoms with Crippen molar-refractivity contribution in [3.8, 4) is 0 Å². The minimum absolute atomic E-state index is 0. The maximum Gasteiger partial charge on any atom is 0.252 e. The molecule has 0 aliphatic carbocycles. The van der Waals surface area contributed by atoms with Crippen molar-refractivity contribution in [2.45, 2.75) is 13.3 Å². The first-order chi connectivity index (χ1) is 10.7. The first-order valence-electron chi connectivity index (χ1n) is 7.39. The monoisotopic (exact) mass is 329 g/mol. The van der Waals surface area contributed by atoms with Gasteiger partial charge >= 0.3 is 0 Å². The molecule has 0 unspecified atom stereocenters. The van der Waals surface area contributed by atoms with E-state index in [0.29, 0.717) is 12.1 Å². The van der Waals surface area contributed by atoms with Crippen molar-refractivity contribution in [2.24, 2.45) is 7.05 Å². The van der Waals surface area contributed by atoms with Gasteiger partial charge in [0.05, 0.1) is 5.56 Å². The Hall–Kier alpha value is -2.33. The van der Waals surface area contributed by atoms with Gasteiger partial charge in [-0.3, -0.25) is 9.78 Å². The molecule has 2 heterocycles. The van der Waals surface area contributed by atoms with Crippen molar-refractivity contribution in [1.29, 1.82) is 0 Å². The third-order valence-electron chi connectivity index (χ3n) is 4.11. The van der Waals surface area contributed by atoms with Crippen molar-refractivity contribution < 1.29 is 4.79 Å². The van der Waals surface area contributed by atoms with Gasteiger partial charge < -0.3 is 9.88 Å². The molecule has 5 heteroatoms. The van der Waals surface area contributed by atoms with Gasteiger partial charge in [-0.05, 0) is 37.1 Å². The van der Waals surface area contributed by atoms with Crippen molar-refractivity contribution in [3.05, 3.63) is 65.6 Å². The lowest BCUT2D eigenvalue weighted by Crippen LogP contribution is -2.25. The second-order valence-corrected chi connectivity index (χ2v) is 5.39. The maximum atomic E-state index is 12.0. The van der Waals surface area contributed by atoms with Crippen LogP contribution in [0.5, 0.6) is 0 Å². The molecule has 0 saturated heterocycles. The van der Waals surface area contributed by atoms with Crippen molar-refractivity contribution in [2.75, 3.05) is 6.54 Å². The average Bonchev–Trinajstić information content (AvgIpc) is 2.81. The minimum Gasteiger partial charge on any atom is -0.352 e. The largest absolute Gasteiger partial charge is 0.352 e. The van der Waals surface area contributed by atoms with Crippen LogP contribution in [-0.2, 0) is 13.5 Å². The van der Waals surface area contributed by atoms with Crippen molar-refractivity contribution >= 4 is 29.2 Å². The predicted molar refractivity (Wildman–Crippen MR) is 95.2 cm³/mol. The van der Waals surface area contributed by atoms with E-state index in [-0.39, 0.29) is 18.3 Å². The van der Waals surface area contributed by atoms with Crippen LogP contribution in [0.2, 0.25) is 0 Å². The Morgan fingerprint density at radius 3 is 2.74 bits per heavy atom. The zero-order valence-electron chi connectivity index (χ0n) is 13.2. The molecule has 0 bridgehead atoms. The number of nitrogens with zero attached hydrogens (tertiary/aromatic N) is 2. The van der Waals surface area contributed by atoms with E-state index >= 15 is 0 Å². The fourth-order valence-corrected chi connectivity index (χ4v) is 2.82. The zero-order valence-corrected chi connectivity index (χ0v) is 14.1. The molecule has 0 spiro atoms. The van der Waals surface area contributed by atoms with E-state index in [9.17, 15) is 4.79 Å². The van der Waals surface area contributed by atoms with E-state index in [1.54, 1.807) is 24.5 Å². The summed E-state index contributed by atoms with van der Waals surface area (Å²) in [4.78, 5) is 16.0. The Bertz CT molecular complexity index is 812. The Kier molecular flexibility index (Phi) is 5.40. The van der Waals surface area contributed by atoms with Gasteiger partial charge in [0.15, 0.2) is 0 Å². The molecule has 4 nitrogen and oxygen atoms in total. The Morgan fingerprint density at radius 1 is 1.22 bits per heavy atom. The molecule has 0 radical (unpaired) electrons. The number of fused-ring (bicyclic) bond motifs is 1. The summed E-state index contributed by atoms with van der Waals surface area (Å²) in [6, 6.07) is 11.9. The number of rotatable bonds is 4. The quantitative estimate of drug-likeness (QED) is 0.798. The number of nitrogens with one attached hydrogen (secondary N) is 1. The van der Waals surface area contributed by atoms with Crippen LogP contribution in [0.25, 0.3) is 10.9 Å². The number of amides is 1. The highest BCUT2D eigenvalue weighted by Crippen LogP contribution is 2.24. The van der Waals surface area contributed by atoms with Crippen LogP contribution >= 0.6 is 12.4 Å². The third kappa shape index (κ3) is 3.37. The fraction of sp³-hybridized carbons (Fsp3) is 0.222. The van der Waals surface area contributed by atoms with Gasteiger partial charge in [-0.2, -0.15) is 0 Å². The van der Waals surface area contributed by atoms with Crippen LogP contribution in [-0.4, -0.2) is 22.0 Å². The highest BCUT2D eigenvalue weighted by atomic mass is 35.5. The molecule has 23 heavy (non-hydrogen) atoms. The van der Waals surface area contributed by atoms with E-state index < -0.39 is 0 Å². The number of hydrogen-bond acceptors (Lipinski definition) is 2. The lowest BCUT2D eigenvalue weighted by Gasteiger charge is -2.06. The van der Waals surface area contributed by atoms with Gasteiger partial charge in [-0.15, -0.1) is 12.4 Å². The molecular formula is C18H20ClN3O. The summed E-state index contributed by atoms with van der Waals surface area (Å²) in [6.45, 7) is 2.74. The number of hydrogen-bond donors (Lipinski definition) is 1. The van der Waals surface area contributed by atoms with Crippen LogP contribution in [0.15, 0.2) is 48.8 Å². The third-order valence-corrected chi connectivity index (χ3v) is 4.11. The van der Waals surface area contributed by atoms with Gasteiger partial charge in [0, 0.05) is 42.6 Å². The summed E-state index contributed by atoms with van der Waals surface area (Å²) in [5.41, 5.74) is 4.37. The summed E-state index contributed by atoms with van der Waals surface area (Å²) >= 11 is 0. The molecule has 1 amide bonds. The second kappa shape index (κ2) is 7.29. The first kappa shape index (κ1) is 17.0. The van der Waals surface area contributed by atoms with Crippen LogP contribution in [0, 0.1) is 6.92 Å². The molecule has 0 atom stereocenters. The van der Waals surface area contributed by atoms with Crippen LogP contribution in [0.3, 0.4) is 0 Å². The second-order valence-electron chi connectivity index (χ2n) is 5.39. The van der Waals surface area contributed by atoms with Gasteiger partial charge in [-0.25, -0.2) is 0 Å². The van der Waals surface area contributed by atoms with Gasteiger partial charge in [0.25, 0.3) is 5.91 Å². The first-order valence-corrected chi connectivity index (χ1v) is 7.39. The Balaban J connectivity index is 0.00000192. The summed E-state index contributed by atoms with van der Waals surface area (Å²) in [7, 11) is 2.08. The molecule has 1 aromatic carbocycles. The van der Waals surface area contributed by atoms with Gasteiger partial charge in [-0.1, -0.05) is 18.2 Å². The lowest BCUT2D eigenvalue weighted by atomic mass is 10.1. The number of carbonyl (C=O) groups is 1. The smallest absolute Gasteiger partial charge is 0.252 e. The van der Waals surface area contributed by atoms with Crippen LogP contribution in [0.4, 0.5) is 0 Å². The molecule has 2 aromatic heterocycles. The summed E-state index contributed by atoms with van der Waals surface area (Å²) in [6.07, 6.45) is 4.06. The van der Waals surface area contributed by atoms with E-state index in [4.69, 9.17) is 0 Å². The lowest BCUT2D eigenvalue weighted by molar-refractivity contribution is 0.0954. The number of halogens is 1.